The van der Waals surface area contributed by atoms with E-state index in [2.05, 4.69) is 74.5 Å². The summed E-state index contributed by atoms with van der Waals surface area (Å²) in [5, 5.41) is 0. The van der Waals surface area contributed by atoms with Gasteiger partial charge in [0.2, 0.25) is 0 Å². The number of hydrogen-bond acceptors (Lipinski definition) is 1. The quantitative estimate of drug-likeness (QED) is 0.0821. The Morgan fingerprint density at radius 1 is 0.468 bits per heavy atom. The number of ether oxygens (including phenoxy) is 1. The topological polar surface area (TPSA) is 9.23 Å². The van der Waals surface area contributed by atoms with E-state index in [-0.39, 0.29) is 0 Å². The lowest BCUT2D eigenvalue weighted by Crippen LogP contribution is -2.07. The molecule has 0 saturated carbocycles. The van der Waals surface area contributed by atoms with Crippen LogP contribution in [0.2, 0.25) is 0 Å². The molecule has 0 heterocycles. The maximum absolute atomic E-state index is 5.96. The Kier molecular flexibility index (Phi) is 18.7. The number of allylic oxidation sites excluding steroid dienone is 4. The average Bonchev–Trinajstić information content (AvgIpc) is 3.13. The van der Waals surface area contributed by atoms with E-state index in [1.165, 1.54) is 164 Å². The molecule has 0 aromatic heterocycles. The minimum atomic E-state index is 0.896. The van der Waals surface area contributed by atoms with Crippen LogP contribution >= 0.6 is 0 Å². The summed E-state index contributed by atoms with van der Waals surface area (Å²) in [6.45, 7) is 6.41. The van der Waals surface area contributed by atoms with Crippen LogP contribution < -0.4 is 0 Å². The smallest absolute Gasteiger partial charge is 0.0466 e. The van der Waals surface area contributed by atoms with Gasteiger partial charge >= 0.3 is 0 Å². The molecule has 0 spiro atoms. The molecule has 4 rings (SSSR count). The van der Waals surface area contributed by atoms with E-state index in [4.69, 9.17) is 4.74 Å². The summed E-state index contributed by atoms with van der Waals surface area (Å²) < 4.78 is 5.96. The van der Waals surface area contributed by atoms with Gasteiger partial charge in [-0.3, -0.25) is 0 Å². The minimum Gasteiger partial charge on any atom is -0.381 e. The van der Waals surface area contributed by atoms with Crippen molar-refractivity contribution in [1.29, 1.82) is 0 Å². The van der Waals surface area contributed by atoms with Crippen molar-refractivity contribution in [3.8, 4) is 0 Å². The number of unbranched alkanes of at least 4 members (excludes halogenated alkanes) is 8. The highest BCUT2D eigenvalue weighted by Gasteiger charge is 2.15. The van der Waals surface area contributed by atoms with Gasteiger partial charge in [0.1, 0.15) is 0 Å². The summed E-state index contributed by atoms with van der Waals surface area (Å²) >= 11 is 0. The lowest BCUT2D eigenvalue weighted by Gasteiger charge is -2.22. The van der Waals surface area contributed by atoms with Gasteiger partial charge in [-0.1, -0.05) is 124 Å². The zero-order chi connectivity index (χ0) is 32.8. The third kappa shape index (κ3) is 15.8. The molecule has 47 heavy (non-hydrogen) atoms. The van der Waals surface area contributed by atoms with Gasteiger partial charge < -0.3 is 4.74 Å². The van der Waals surface area contributed by atoms with Gasteiger partial charge in [-0.2, -0.15) is 0 Å². The van der Waals surface area contributed by atoms with Crippen LogP contribution in [0.4, 0.5) is 0 Å². The predicted molar refractivity (Wildman–Crippen MR) is 205 cm³/mol. The van der Waals surface area contributed by atoms with Crippen molar-refractivity contribution in [1.82, 2.24) is 0 Å². The molecule has 0 radical (unpaired) electrons. The Hall–Kier alpha value is -2.12. The highest BCUT2D eigenvalue weighted by molar-refractivity contribution is 5.23. The van der Waals surface area contributed by atoms with E-state index >= 15 is 0 Å². The highest BCUT2D eigenvalue weighted by Crippen LogP contribution is 2.31. The summed E-state index contributed by atoms with van der Waals surface area (Å²) in [4.78, 5) is 0. The summed E-state index contributed by atoms with van der Waals surface area (Å²) in [7, 11) is 0. The van der Waals surface area contributed by atoms with Gasteiger partial charge in [-0.05, 0) is 150 Å². The van der Waals surface area contributed by atoms with Crippen LogP contribution in [0, 0.1) is 11.8 Å². The molecule has 0 aliphatic heterocycles. The van der Waals surface area contributed by atoms with E-state index in [0.717, 1.165) is 37.9 Å². The lowest BCUT2D eigenvalue weighted by molar-refractivity contribution is 0.125. The fourth-order valence-corrected chi connectivity index (χ4v) is 7.76. The van der Waals surface area contributed by atoms with Crippen LogP contribution in [0.25, 0.3) is 0 Å². The Bertz CT molecular complexity index is 1050. The second-order valence-corrected chi connectivity index (χ2v) is 15.1. The molecule has 2 aromatic rings. The Morgan fingerprint density at radius 2 is 0.851 bits per heavy atom. The average molecular weight is 639 g/mol. The summed E-state index contributed by atoms with van der Waals surface area (Å²) in [6, 6.07) is 18.6. The third-order valence-corrected chi connectivity index (χ3v) is 11.3. The Balaban J connectivity index is 0.874. The molecule has 2 aliphatic carbocycles. The number of benzene rings is 2. The van der Waals surface area contributed by atoms with Crippen LogP contribution in [0.1, 0.15) is 165 Å². The zero-order valence-corrected chi connectivity index (χ0v) is 30.7. The second kappa shape index (κ2) is 23.3. The van der Waals surface area contributed by atoms with E-state index in [1.54, 1.807) is 11.1 Å². The van der Waals surface area contributed by atoms with Crippen molar-refractivity contribution in [2.75, 3.05) is 13.2 Å². The van der Waals surface area contributed by atoms with E-state index in [0.29, 0.717) is 0 Å². The highest BCUT2D eigenvalue weighted by atomic mass is 16.5. The van der Waals surface area contributed by atoms with Gasteiger partial charge in [0.05, 0.1) is 0 Å². The molecule has 0 bridgehead atoms. The van der Waals surface area contributed by atoms with Crippen molar-refractivity contribution in [3.63, 3.8) is 0 Å². The molecule has 0 saturated heterocycles. The first-order valence-corrected chi connectivity index (χ1v) is 20.3. The summed E-state index contributed by atoms with van der Waals surface area (Å²) in [5.41, 5.74) is 9.44. The first-order valence-electron chi connectivity index (χ1n) is 20.3. The maximum atomic E-state index is 5.96. The van der Waals surface area contributed by atoms with E-state index in [9.17, 15) is 0 Å². The molecule has 0 amide bonds. The largest absolute Gasteiger partial charge is 0.381 e. The number of hydrogen-bond donors (Lipinski definition) is 0. The molecule has 1 nitrogen and oxygen atoms in total. The molecular weight excluding hydrogens is 569 g/mol. The fraction of sp³-hybridized carbons (Fsp3) is 0.652. The van der Waals surface area contributed by atoms with Crippen molar-refractivity contribution < 1.29 is 4.74 Å². The standard InChI is InChI=1S/C46H70O/c1-3-39-17-21-43(22-18-39)33-35-45-29-25-41(26-30-45)15-11-7-5-9-13-37-47-38-14-10-6-8-12-16-42-27-31-46(32-28-42)36-34-44-23-19-40(4-2)20-24-44/h17-25,27,45-46H,3-16,26,28-38H2,1-2H3. The minimum absolute atomic E-state index is 0.896. The number of aryl methyl sites for hydroxylation is 4. The van der Waals surface area contributed by atoms with Gasteiger partial charge in [0, 0.05) is 13.2 Å². The molecule has 2 unspecified atom stereocenters. The van der Waals surface area contributed by atoms with E-state index < -0.39 is 0 Å². The molecule has 0 fully saturated rings. The van der Waals surface area contributed by atoms with Crippen LogP contribution in [0.5, 0.6) is 0 Å². The molecular formula is C46H70O. The Morgan fingerprint density at radius 3 is 1.23 bits per heavy atom. The SMILES string of the molecule is CCc1ccc(CCC2CC=C(CCCCCCCOCCCCCCCC3=CCC(CCc4ccc(CC)cc4)CC3)CC2)cc1. The maximum Gasteiger partial charge on any atom is 0.0466 e. The van der Waals surface area contributed by atoms with Gasteiger partial charge in [0.25, 0.3) is 0 Å². The normalized spacial score (nSPS) is 18.3. The third-order valence-electron chi connectivity index (χ3n) is 11.3. The van der Waals surface area contributed by atoms with Gasteiger partial charge in [-0.15, -0.1) is 0 Å². The lowest BCUT2D eigenvalue weighted by atomic mass is 9.84. The van der Waals surface area contributed by atoms with Crippen LogP contribution in [-0.4, -0.2) is 13.2 Å². The van der Waals surface area contributed by atoms with Gasteiger partial charge in [-0.25, -0.2) is 0 Å². The predicted octanol–water partition coefficient (Wildman–Crippen LogP) is 13.5. The number of rotatable bonds is 24. The van der Waals surface area contributed by atoms with Crippen molar-refractivity contribution in [3.05, 3.63) is 94.1 Å². The molecule has 2 aliphatic rings. The first-order chi connectivity index (χ1) is 23.2. The Labute approximate surface area is 291 Å². The fourth-order valence-electron chi connectivity index (χ4n) is 7.76. The zero-order valence-electron chi connectivity index (χ0n) is 30.7. The monoisotopic (exact) mass is 639 g/mol. The first kappa shape index (κ1) is 37.7. The van der Waals surface area contributed by atoms with Crippen molar-refractivity contribution >= 4 is 0 Å². The molecule has 2 atom stereocenters. The van der Waals surface area contributed by atoms with Crippen LogP contribution in [0.15, 0.2) is 71.8 Å². The van der Waals surface area contributed by atoms with Crippen molar-refractivity contribution in [2.24, 2.45) is 11.8 Å². The van der Waals surface area contributed by atoms with Crippen molar-refractivity contribution in [2.45, 2.75) is 168 Å². The van der Waals surface area contributed by atoms with Gasteiger partial charge in [0.15, 0.2) is 0 Å². The second-order valence-electron chi connectivity index (χ2n) is 15.1. The summed E-state index contributed by atoms with van der Waals surface area (Å²) in [5.74, 6) is 1.79. The van der Waals surface area contributed by atoms with Crippen LogP contribution in [0.3, 0.4) is 0 Å². The molecule has 260 valence electrons. The summed E-state index contributed by atoms with van der Waals surface area (Å²) in [6.07, 6.45) is 37.0. The molecule has 1 heteroatoms. The molecule has 0 N–H and O–H groups in total. The molecule has 2 aromatic carbocycles. The van der Waals surface area contributed by atoms with Crippen LogP contribution in [-0.2, 0) is 30.4 Å². The van der Waals surface area contributed by atoms with E-state index in [1.807, 2.05) is 0 Å².